The van der Waals surface area contributed by atoms with Crippen LogP contribution in [-0.2, 0) is 7.05 Å². The molecule has 1 unspecified atom stereocenters. The Balaban J connectivity index is 2.16. The van der Waals surface area contributed by atoms with E-state index in [0.29, 0.717) is 6.04 Å². The minimum atomic E-state index is 0.333. The first kappa shape index (κ1) is 7.61. The number of nitrogens with zero attached hydrogens (tertiary/aromatic N) is 3. The Morgan fingerprint density at radius 1 is 1.67 bits per heavy atom. The molecule has 12 heavy (non-hydrogen) atoms. The molecule has 2 rings (SSSR count). The van der Waals surface area contributed by atoms with E-state index < -0.39 is 0 Å². The minimum absolute atomic E-state index is 0.333. The SMILES string of the molecule is Cn1nccc1N1CCC(N)C1. The molecule has 0 aliphatic carbocycles. The Morgan fingerprint density at radius 2 is 2.50 bits per heavy atom. The van der Waals surface area contributed by atoms with Crippen molar-refractivity contribution in [1.29, 1.82) is 0 Å². The van der Waals surface area contributed by atoms with E-state index in [4.69, 9.17) is 5.73 Å². The molecule has 1 atom stereocenters. The normalized spacial score (nSPS) is 23.5. The first-order valence-corrected chi connectivity index (χ1v) is 4.26. The van der Waals surface area contributed by atoms with Crippen LogP contribution in [0, 0.1) is 0 Å². The quantitative estimate of drug-likeness (QED) is 0.636. The molecule has 0 amide bonds. The van der Waals surface area contributed by atoms with Crippen LogP contribution in [-0.4, -0.2) is 28.9 Å². The van der Waals surface area contributed by atoms with Crippen LogP contribution in [0.4, 0.5) is 5.82 Å². The molecule has 2 heterocycles. The summed E-state index contributed by atoms with van der Waals surface area (Å²) in [6, 6.07) is 2.36. The Labute approximate surface area is 72.0 Å². The van der Waals surface area contributed by atoms with E-state index in [9.17, 15) is 0 Å². The van der Waals surface area contributed by atoms with Gasteiger partial charge >= 0.3 is 0 Å². The third-order valence-corrected chi connectivity index (χ3v) is 2.34. The number of aromatic nitrogens is 2. The Morgan fingerprint density at radius 3 is 3.00 bits per heavy atom. The second-order valence-corrected chi connectivity index (χ2v) is 3.31. The van der Waals surface area contributed by atoms with Crippen LogP contribution in [0.15, 0.2) is 12.3 Å². The zero-order chi connectivity index (χ0) is 8.55. The number of hydrogen-bond donors (Lipinski definition) is 1. The molecule has 1 aliphatic heterocycles. The Hall–Kier alpha value is -1.03. The highest BCUT2D eigenvalue weighted by Crippen LogP contribution is 2.17. The van der Waals surface area contributed by atoms with E-state index in [2.05, 4.69) is 10.00 Å². The molecule has 1 aromatic heterocycles. The third kappa shape index (κ3) is 1.18. The molecule has 1 fully saturated rings. The van der Waals surface area contributed by atoms with E-state index >= 15 is 0 Å². The van der Waals surface area contributed by atoms with E-state index in [0.717, 1.165) is 19.5 Å². The maximum Gasteiger partial charge on any atom is 0.126 e. The fraction of sp³-hybridized carbons (Fsp3) is 0.625. The number of nitrogens with two attached hydrogens (primary N) is 1. The Kier molecular flexibility index (Phi) is 1.77. The molecule has 66 valence electrons. The zero-order valence-electron chi connectivity index (χ0n) is 7.27. The van der Waals surface area contributed by atoms with Crippen molar-refractivity contribution in [2.75, 3.05) is 18.0 Å². The fourth-order valence-corrected chi connectivity index (χ4v) is 1.67. The molecule has 0 spiro atoms. The van der Waals surface area contributed by atoms with Crippen molar-refractivity contribution < 1.29 is 0 Å². The summed E-state index contributed by atoms with van der Waals surface area (Å²) in [6.45, 7) is 2.01. The van der Waals surface area contributed by atoms with Gasteiger partial charge in [0.15, 0.2) is 0 Å². The van der Waals surface area contributed by atoms with Crippen molar-refractivity contribution in [2.45, 2.75) is 12.5 Å². The lowest BCUT2D eigenvalue weighted by Gasteiger charge is -2.17. The molecule has 2 N–H and O–H groups in total. The highest BCUT2D eigenvalue weighted by molar-refractivity contribution is 5.39. The second kappa shape index (κ2) is 2.79. The highest BCUT2D eigenvalue weighted by atomic mass is 15.4. The maximum atomic E-state index is 5.81. The first-order valence-electron chi connectivity index (χ1n) is 4.26. The molecular weight excluding hydrogens is 152 g/mol. The third-order valence-electron chi connectivity index (χ3n) is 2.34. The summed E-state index contributed by atoms with van der Waals surface area (Å²) < 4.78 is 1.89. The van der Waals surface area contributed by atoms with Gasteiger partial charge in [0.25, 0.3) is 0 Å². The fourth-order valence-electron chi connectivity index (χ4n) is 1.67. The minimum Gasteiger partial charge on any atom is -0.355 e. The van der Waals surface area contributed by atoms with Crippen molar-refractivity contribution in [1.82, 2.24) is 9.78 Å². The summed E-state index contributed by atoms with van der Waals surface area (Å²) in [4.78, 5) is 2.28. The van der Waals surface area contributed by atoms with Crippen molar-refractivity contribution in [3.63, 3.8) is 0 Å². The van der Waals surface area contributed by atoms with Crippen LogP contribution in [0.1, 0.15) is 6.42 Å². The van der Waals surface area contributed by atoms with Crippen LogP contribution in [0.2, 0.25) is 0 Å². The van der Waals surface area contributed by atoms with Gasteiger partial charge in [-0.25, -0.2) is 0 Å². The molecule has 1 aromatic rings. The molecular formula is C8H14N4. The van der Waals surface area contributed by atoms with Gasteiger partial charge in [-0.15, -0.1) is 0 Å². The average Bonchev–Trinajstić information content (AvgIpc) is 2.58. The summed E-state index contributed by atoms with van der Waals surface area (Å²) in [7, 11) is 1.96. The summed E-state index contributed by atoms with van der Waals surface area (Å²) >= 11 is 0. The lowest BCUT2D eigenvalue weighted by molar-refractivity contribution is 0.727. The number of hydrogen-bond acceptors (Lipinski definition) is 3. The largest absolute Gasteiger partial charge is 0.355 e. The number of aryl methyl sites for hydroxylation is 1. The maximum absolute atomic E-state index is 5.81. The Bertz CT molecular complexity index is 268. The van der Waals surface area contributed by atoms with Gasteiger partial charge in [0.2, 0.25) is 0 Å². The van der Waals surface area contributed by atoms with E-state index in [1.54, 1.807) is 0 Å². The van der Waals surface area contributed by atoms with Gasteiger partial charge in [0.05, 0.1) is 6.20 Å². The van der Waals surface area contributed by atoms with Crippen molar-refractivity contribution in [3.05, 3.63) is 12.3 Å². The van der Waals surface area contributed by atoms with Crippen molar-refractivity contribution >= 4 is 5.82 Å². The predicted molar refractivity (Wildman–Crippen MR) is 48.0 cm³/mol. The molecule has 4 heteroatoms. The number of rotatable bonds is 1. The topological polar surface area (TPSA) is 47.1 Å². The predicted octanol–water partition coefficient (Wildman–Crippen LogP) is -0.0425. The monoisotopic (exact) mass is 166 g/mol. The lowest BCUT2D eigenvalue weighted by Crippen LogP contribution is -2.27. The van der Waals surface area contributed by atoms with Crippen molar-refractivity contribution in [2.24, 2.45) is 12.8 Å². The van der Waals surface area contributed by atoms with Gasteiger partial charge in [0.1, 0.15) is 5.82 Å². The van der Waals surface area contributed by atoms with Gasteiger partial charge in [-0.1, -0.05) is 0 Å². The van der Waals surface area contributed by atoms with Crippen LogP contribution >= 0.6 is 0 Å². The van der Waals surface area contributed by atoms with Crippen LogP contribution < -0.4 is 10.6 Å². The van der Waals surface area contributed by atoms with Crippen LogP contribution in [0.5, 0.6) is 0 Å². The molecule has 1 saturated heterocycles. The van der Waals surface area contributed by atoms with Gasteiger partial charge in [0, 0.05) is 32.2 Å². The van der Waals surface area contributed by atoms with Crippen LogP contribution in [0.25, 0.3) is 0 Å². The van der Waals surface area contributed by atoms with E-state index in [1.165, 1.54) is 5.82 Å². The highest BCUT2D eigenvalue weighted by Gasteiger charge is 2.20. The molecule has 0 saturated carbocycles. The molecule has 1 aliphatic rings. The zero-order valence-corrected chi connectivity index (χ0v) is 7.27. The van der Waals surface area contributed by atoms with Gasteiger partial charge < -0.3 is 10.6 Å². The summed E-state index contributed by atoms with van der Waals surface area (Å²) in [5, 5.41) is 4.12. The first-order chi connectivity index (χ1) is 5.77. The van der Waals surface area contributed by atoms with Gasteiger partial charge in [-0.05, 0) is 6.42 Å². The molecule has 0 bridgehead atoms. The standard InChI is InChI=1S/C8H14N4/c1-11-8(2-4-10-11)12-5-3-7(9)6-12/h2,4,7H,3,5-6,9H2,1H3. The van der Waals surface area contributed by atoms with Crippen LogP contribution in [0.3, 0.4) is 0 Å². The molecule has 4 nitrogen and oxygen atoms in total. The molecule has 0 aromatic carbocycles. The summed E-state index contributed by atoms with van der Waals surface area (Å²) in [5.41, 5.74) is 5.81. The summed E-state index contributed by atoms with van der Waals surface area (Å²) in [6.07, 6.45) is 2.91. The second-order valence-electron chi connectivity index (χ2n) is 3.31. The average molecular weight is 166 g/mol. The lowest BCUT2D eigenvalue weighted by atomic mass is 10.3. The van der Waals surface area contributed by atoms with Crippen molar-refractivity contribution in [3.8, 4) is 0 Å². The molecule has 0 radical (unpaired) electrons. The van der Waals surface area contributed by atoms with Gasteiger partial charge in [-0.3, -0.25) is 4.68 Å². The van der Waals surface area contributed by atoms with E-state index in [-0.39, 0.29) is 0 Å². The van der Waals surface area contributed by atoms with Gasteiger partial charge in [-0.2, -0.15) is 5.10 Å². The summed E-state index contributed by atoms with van der Waals surface area (Å²) in [5.74, 6) is 1.17. The number of anilines is 1. The van der Waals surface area contributed by atoms with E-state index in [1.807, 2.05) is 24.0 Å². The smallest absolute Gasteiger partial charge is 0.126 e.